The summed E-state index contributed by atoms with van der Waals surface area (Å²) in [5.74, 6) is 0. The van der Waals surface area contributed by atoms with E-state index in [-0.39, 0.29) is 0 Å². The van der Waals surface area contributed by atoms with Crippen LogP contribution in [-0.4, -0.2) is 34.5 Å². The molecule has 122 valence electrons. The Morgan fingerprint density at radius 1 is 0.520 bits per heavy atom. The van der Waals surface area contributed by atoms with Crippen LogP contribution in [0.2, 0.25) is 0 Å². The Morgan fingerprint density at radius 2 is 1.12 bits per heavy atom. The summed E-state index contributed by atoms with van der Waals surface area (Å²) in [5, 5.41) is 0. The maximum absolute atomic E-state index is 2.37. The van der Waals surface area contributed by atoms with Crippen molar-refractivity contribution in [1.29, 1.82) is 0 Å². The number of para-hydroxylation sites is 1. The number of hydrogen-bond acceptors (Lipinski definition) is 0. The Balaban J connectivity index is 1.68. The van der Waals surface area contributed by atoms with Crippen molar-refractivity contribution < 1.29 is 0 Å². The second-order valence-corrected chi connectivity index (χ2v) is 10.1. The van der Waals surface area contributed by atoms with E-state index in [1.807, 2.05) is 0 Å². The van der Waals surface area contributed by atoms with E-state index in [0.717, 1.165) is 0 Å². The summed E-state index contributed by atoms with van der Waals surface area (Å²) in [7, 11) is 0. The first kappa shape index (κ1) is 16.4. The van der Waals surface area contributed by atoms with E-state index in [1.54, 1.807) is 0 Å². The molecule has 0 radical (unpaired) electrons. The fourth-order valence-electron chi connectivity index (χ4n) is 2.61. The van der Waals surface area contributed by atoms with Gasteiger partial charge in [-0.3, -0.25) is 0 Å². The first-order valence-electron chi connectivity index (χ1n) is 8.13. The van der Waals surface area contributed by atoms with Gasteiger partial charge in [0.15, 0.2) is 0 Å². The van der Waals surface area contributed by atoms with Crippen LogP contribution in [0.1, 0.15) is 0 Å². The van der Waals surface area contributed by atoms with Crippen molar-refractivity contribution in [2.45, 2.75) is 0 Å². The summed E-state index contributed by atoms with van der Waals surface area (Å²) >= 11 is 0.608. The molecule has 0 amide bonds. The summed E-state index contributed by atoms with van der Waals surface area (Å²) in [4.78, 5) is 0. The molecule has 4 aromatic rings. The van der Waals surface area contributed by atoms with E-state index in [0.29, 0.717) is 29.9 Å². The fourth-order valence-corrected chi connectivity index (χ4v) is 6.61. The van der Waals surface area contributed by atoms with Gasteiger partial charge in [0.2, 0.25) is 0 Å². The van der Waals surface area contributed by atoms with E-state index in [9.17, 15) is 0 Å². The van der Waals surface area contributed by atoms with Crippen LogP contribution in [0.15, 0.2) is 103 Å². The van der Waals surface area contributed by atoms with Gasteiger partial charge in [0.25, 0.3) is 0 Å². The second-order valence-electron chi connectivity index (χ2n) is 5.51. The van der Waals surface area contributed by atoms with Crippen LogP contribution < -0.4 is 18.0 Å². The summed E-state index contributed by atoms with van der Waals surface area (Å²) in [5.41, 5.74) is 1.31. The third-order valence-corrected chi connectivity index (χ3v) is 8.23. The summed E-state index contributed by atoms with van der Waals surface area (Å²) in [6, 6.07) is 34.7. The van der Waals surface area contributed by atoms with Crippen LogP contribution in [0.25, 0.3) is 5.69 Å². The van der Waals surface area contributed by atoms with Gasteiger partial charge in [-0.25, -0.2) is 0 Å². The Bertz CT molecular complexity index is 946. The molecule has 25 heavy (non-hydrogen) atoms. The topological polar surface area (TPSA) is 4.93 Å². The monoisotopic (exact) mass is 455 g/mol. The molecule has 0 saturated heterocycles. The van der Waals surface area contributed by atoms with E-state index < -0.39 is 0 Å². The zero-order valence-electron chi connectivity index (χ0n) is 13.6. The van der Waals surface area contributed by atoms with E-state index in [4.69, 9.17) is 0 Å². The molecular formula is C22H17NSe2. The minimum absolute atomic E-state index is 0.303. The van der Waals surface area contributed by atoms with Crippen molar-refractivity contribution in [2.24, 2.45) is 0 Å². The van der Waals surface area contributed by atoms with Crippen molar-refractivity contribution in [2.75, 3.05) is 0 Å². The Hall–Kier alpha value is -2.02. The van der Waals surface area contributed by atoms with Crippen LogP contribution >= 0.6 is 0 Å². The first-order chi connectivity index (χ1) is 12.4. The first-order valence-corrected chi connectivity index (χ1v) is 11.6. The van der Waals surface area contributed by atoms with Gasteiger partial charge in [-0.2, -0.15) is 0 Å². The average Bonchev–Trinajstić information content (AvgIpc) is 3.12. The normalized spacial score (nSPS) is 10.7. The van der Waals surface area contributed by atoms with Gasteiger partial charge in [-0.15, -0.1) is 0 Å². The number of benzene rings is 3. The molecule has 0 aliphatic rings. The van der Waals surface area contributed by atoms with Crippen molar-refractivity contribution in [3.63, 3.8) is 0 Å². The second kappa shape index (κ2) is 7.91. The molecular weight excluding hydrogens is 436 g/mol. The van der Waals surface area contributed by atoms with Gasteiger partial charge in [0.05, 0.1) is 0 Å². The summed E-state index contributed by atoms with van der Waals surface area (Å²) < 4.78 is 7.98. The Morgan fingerprint density at radius 3 is 1.84 bits per heavy atom. The number of nitrogens with zero attached hydrogens (tertiary/aromatic N) is 1. The van der Waals surface area contributed by atoms with E-state index in [2.05, 4.69) is 108 Å². The van der Waals surface area contributed by atoms with E-state index in [1.165, 1.54) is 23.7 Å². The van der Waals surface area contributed by atoms with Crippen LogP contribution in [0, 0.1) is 0 Å². The molecule has 0 aliphatic heterocycles. The predicted molar refractivity (Wildman–Crippen MR) is 109 cm³/mol. The third-order valence-electron chi connectivity index (χ3n) is 3.77. The molecule has 0 saturated carbocycles. The van der Waals surface area contributed by atoms with Gasteiger partial charge in [0, 0.05) is 0 Å². The van der Waals surface area contributed by atoms with Gasteiger partial charge in [-0.05, 0) is 0 Å². The molecule has 0 bridgehead atoms. The summed E-state index contributed by atoms with van der Waals surface area (Å²) in [6.45, 7) is 0. The van der Waals surface area contributed by atoms with Crippen LogP contribution in [0.3, 0.4) is 0 Å². The fraction of sp³-hybridized carbons (Fsp3) is 0. The van der Waals surface area contributed by atoms with Crippen molar-refractivity contribution in [3.8, 4) is 5.69 Å². The van der Waals surface area contributed by atoms with Crippen LogP contribution in [-0.2, 0) is 0 Å². The third kappa shape index (κ3) is 3.98. The molecule has 0 N–H and O–H groups in total. The molecule has 1 aromatic heterocycles. The molecule has 0 unspecified atom stereocenters. The number of rotatable bonds is 5. The molecule has 0 fully saturated rings. The molecule has 1 heterocycles. The van der Waals surface area contributed by atoms with Crippen molar-refractivity contribution in [1.82, 2.24) is 4.57 Å². The minimum atomic E-state index is 0.303. The summed E-state index contributed by atoms with van der Waals surface area (Å²) in [6.07, 6.45) is 2.19. The van der Waals surface area contributed by atoms with Crippen molar-refractivity contribution in [3.05, 3.63) is 103 Å². The molecule has 0 aliphatic carbocycles. The molecule has 3 heteroatoms. The number of hydrogen-bond donors (Lipinski definition) is 0. The van der Waals surface area contributed by atoms with Crippen LogP contribution in [0.5, 0.6) is 0 Å². The van der Waals surface area contributed by atoms with Crippen molar-refractivity contribution >= 4 is 47.9 Å². The average molecular weight is 453 g/mol. The SMILES string of the molecule is c1ccc([Se]c2ccccc2-n2cccc2[Se]c2ccccc2)cc1. The van der Waals surface area contributed by atoms with Gasteiger partial charge < -0.3 is 0 Å². The molecule has 4 rings (SSSR count). The number of aromatic nitrogens is 1. The van der Waals surface area contributed by atoms with Gasteiger partial charge in [-0.1, -0.05) is 0 Å². The zero-order valence-corrected chi connectivity index (χ0v) is 17.0. The molecule has 0 spiro atoms. The molecule has 3 aromatic carbocycles. The van der Waals surface area contributed by atoms with E-state index >= 15 is 0 Å². The maximum atomic E-state index is 2.37. The Kier molecular flexibility index (Phi) is 5.20. The van der Waals surface area contributed by atoms with Gasteiger partial charge >= 0.3 is 161 Å². The quantitative estimate of drug-likeness (QED) is 0.407. The Labute approximate surface area is 161 Å². The van der Waals surface area contributed by atoms with Gasteiger partial charge in [0.1, 0.15) is 0 Å². The predicted octanol–water partition coefficient (Wildman–Crippen LogP) is 1.79. The van der Waals surface area contributed by atoms with Crippen LogP contribution in [0.4, 0.5) is 0 Å². The standard InChI is InChI=1S/C22H17NSe2/c1-3-10-18(11-4-1)24-21-15-8-7-14-20(21)23-17-9-16-22(23)25-19-12-5-2-6-13-19/h1-17H. The zero-order chi connectivity index (χ0) is 16.9. The molecule has 1 nitrogen and oxygen atoms in total. The molecule has 0 atom stereocenters.